The number of carbonyl (C=O) groups excluding carboxylic acids is 4. The first-order chi connectivity index (χ1) is 22.8. The fraction of sp³-hybridized carbons (Fsp3) is 0.389. The van der Waals surface area contributed by atoms with Crippen molar-refractivity contribution < 1.29 is 33.0 Å². The molecular formula is C36H41FN4O6. The van der Waals surface area contributed by atoms with Gasteiger partial charge in [0, 0.05) is 38.3 Å². The van der Waals surface area contributed by atoms with E-state index >= 15 is 0 Å². The lowest BCUT2D eigenvalue weighted by Crippen LogP contribution is -2.53. The smallest absolute Gasteiger partial charge is 0.255 e. The van der Waals surface area contributed by atoms with E-state index in [0.717, 1.165) is 11.1 Å². The van der Waals surface area contributed by atoms with E-state index in [4.69, 9.17) is 9.47 Å². The van der Waals surface area contributed by atoms with Gasteiger partial charge in [-0.3, -0.25) is 19.2 Å². The summed E-state index contributed by atoms with van der Waals surface area (Å²) in [6.45, 7) is 3.63. The number of para-hydroxylation sites is 1. The maximum atomic E-state index is 14.3. The quantitative estimate of drug-likeness (QED) is 0.407. The maximum Gasteiger partial charge on any atom is 0.255 e. The van der Waals surface area contributed by atoms with Crippen LogP contribution in [0.15, 0.2) is 78.9 Å². The first kappa shape index (κ1) is 33.6. The number of likely N-dealkylation sites (N-methyl/N-ethyl adjacent to an activating group) is 1. The van der Waals surface area contributed by atoms with Crippen molar-refractivity contribution in [2.45, 2.75) is 44.2 Å². The van der Waals surface area contributed by atoms with Gasteiger partial charge in [-0.05, 0) is 55.2 Å². The first-order valence-corrected chi connectivity index (χ1v) is 16.0. The standard InChI is InChI=1S/C36H41FN4O6/c1-2-40-17-20-47-31-14-7-6-13-29(31)34(44)39-30(22-32(42)41(24-33(40)43)23-26-9-4-3-5-10-26)35(45)38-25-36(15-18-46-19-16-36)27-11-8-12-28(37)21-27/h3-14,21,30H,2,15-20,22-25H2,1H3,(H,38,45)(H,39,44)/t30-/m0/s1. The van der Waals surface area contributed by atoms with Gasteiger partial charge in [-0.25, -0.2) is 4.39 Å². The molecule has 47 heavy (non-hydrogen) atoms. The van der Waals surface area contributed by atoms with Gasteiger partial charge in [0.05, 0.1) is 18.5 Å². The summed E-state index contributed by atoms with van der Waals surface area (Å²) >= 11 is 0. The molecule has 4 amide bonds. The molecule has 1 fully saturated rings. The monoisotopic (exact) mass is 644 g/mol. The molecule has 1 saturated heterocycles. The lowest BCUT2D eigenvalue weighted by atomic mass is 9.74. The molecule has 2 N–H and O–H groups in total. The summed E-state index contributed by atoms with van der Waals surface area (Å²) in [6, 6.07) is 21.0. The Balaban J connectivity index is 1.44. The molecule has 1 atom stereocenters. The molecule has 10 nitrogen and oxygen atoms in total. The van der Waals surface area contributed by atoms with Crippen molar-refractivity contribution in [2.75, 3.05) is 46.0 Å². The molecule has 2 aliphatic heterocycles. The zero-order chi connectivity index (χ0) is 33.2. The molecule has 2 aliphatic rings. The molecule has 248 valence electrons. The zero-order valence-electron chi connectivity index (χ0n) is 26.6. The van der Waals surface area contributed by atoms with Crippen LogP contribution >= 0.6 is 0 Å². The Labute approximate surface area is 274 Å². The third-order valence-electron chi connectivity index (χ3n) is 8.87. The average Bonchev–Trinajstić information content (AvgIpc) is 3.09. The van der Waals surface area contributed by atoms with Gasteiger partial charge in [-0.15, -0.1) is 0 Å². The normalized spacial score (nSPS) is 19.2. The van der Waals surface area contributed by atoms with E-state index in [2.05, 4.69) is 10.6 Å². The van der Waals surface area contributed by atoms with E-state index in [0.29, 0.717) is 38.3 Å². The van der Waals surface area contributed by atoms with Crippen LogP contribution in [0.2, 0.25) is 0 Å². The molecular weight excluding hydrogens is 603 g/mol. The van der Waals surface area contributed by atoms with Crippen LogP contribution in [0.4, 0.5) is 4.39 Å². The number of nitrogens with one attached hydrogen (secondary N) is 2. The Morgan fingerprint density at radius 1 is 0.936 bits per heavy atom. The van der Waals surface area contributed by atoms with Gasteiger partial charge in [-0.2, -0.15) is 0 Å². The lowest BCUT2D eigenvalue weighted by molar-refractivity contribution is -0.142. The number of carbonyl (C=O) groups is 4. The largest absolute Gasteiger partial charge is 0.491 e. The highest BCUT2D eigenvalue weighted by Gasteiger charge is 2.37. The summed E-state index contributed by atoms with van der Waals surface area (Å²) in [5.74, 6) is -1.94. The van der Waals surface area contributed by atoms with Crippen molar-refractivity contribution in [3.63, 3.8) is 0 Å². The minimum Gasteiger partial charge on any atom is -0.491 e. The van der Waals surface area contributed by atoms with Gasteiger partial charge in [-0.1, -0.05) is 54.6 Å². The Hall–Kier alpha value is -4.77. The highest BCUT2D eigenvalue weighted by molar-refractivity contribution is 6.01. The predicted octanol–water partition coefficient (Wildman–Crippen LogP) is 3.45. The van der Waals surface area contributed by atoms with Gasteiger partial charge in [0.1, 0.15) is 30.8 Å². The zero-order valence-corrected chi connectivity index (χ0v) is 26.6. The summed E-state index contributed by atoms with van der Waals surface area (Å²) in [4.78, 5) is 58.0. The van der Waals surface area contributed by atoms with Crippen molar-refractivity contribution >= 4 is 23.6 Å². The number of rotatable bonds is 7. The summed E-state index contributed by atoms with van der Waals surface area (Å²) in [5.41, 5.74) is 1.16. The number of fused-ring (bicyclic) bond motifs is 1. The second-order valence-corrected chi connectivity index (χ2v) is 11.9. The predicted molar refractivity (Wildman–Crippen MR) is 173 cm³/mol. The average molecular weight is 645 g/mol. The van der Waals surface area contributed by atoms with E-state index in [9.17, 15) is 23.6 Å². The van der Waals surface area contributed by atoms with Crippen LogP contribution < -0.4 is 15.4 Å². The summed E-state index contributed by atoms with van der Waals surface area (Å²) in [5, 5.41) is 5.72. The number of halogens is 1. The summed E-state index contributed by atoms with van der Waals surface area (Å²) in [7, 11) is 0. The summed E-state index contributed by atoms with van der Waals surface area (Å²) < 4.78 is 25.8. The van der Waals surface area contributed by atoms with E-state index in [1.54, 1.807) is 35.2 Å². The van der Waals surface area contributed by atoms with E-state index in [1.165, 1.54) is 17.0 Å². The SMILES string of the molecule is CCN1CCOc2ccccc2C(=O)N[C@H](C(=O)NCC2(c3cccc(F)c3)CCOCC2)CC(=O)N(Cc2ccccc2)CC1=O. The van der Waals surface area contributed by atoms with Crippen LogP contribution in [-0.2, 0) is 31.1 Å². The Bertz CT molecular complexity index is 1560. The van der Waals surface area contributed by atoms with Crippen LogP contribution in [0.3, 0.4) is 0 Å². The van der Waals surface area contributed by atoms with Gasteiger partial charge in [0.15, 0.2) is 0 Å². The molecule has 0 bridgehead atoms. The maximum absolute atomic E-state index is 14.3. The molecule has 0 radical (unpaired) electrons. The topological polar surface area (TPSA) is 117 Å². The Morgan fingerprint density at radius 3 is 2.43 bits per heavy atom. The second-order valence-electron chi connectivity index (χ2n) is 11.9. The molecule has 11 heteroatoms. The van der Waals surface area contributed by atoms with Gasteiger partial charge >= 0.3 is 0 Å². The van der Waals surface area contributed by atoms with Crippen LogP contribution in [-0.4, -0.2) is 85.5 Å². The highest BCUT2D eigenvalue weighted by Crippen LogP contribution is 2.34. The van der Waals surface area contributed by atoms with Crippen molar-refractivity contribution in [3.8, 4) is 5.75 Å². The molecule has 5 rings (SSSR count). The molecule has 3 aromatic rings. The molecule has 0 aromatic heterocycles. The number of hydrogen-bond donors (Lipinski definition) is 2. The van der Waals surface area contributed by atoms with Crippen LogP contribution in [0.25, 0.3) is 0 Å². The minimum atomic E-state index is -1.27. The molecule has 0 unspecified atom stereocenters. The molecule has 0 saturated carbocycles. The first-order valence-electron chi connectivity index (χ1n) is 16.0. The van der Waals surface area contributed by atoms with Crippen molar-refractivity contribution in [1.29, 1.82) is 0 Å². The van der Waals surface area contributed by atoms with Crippen molar-refractivity contribution in [1.82, 2.24) is 20.4 Å². The van der Waals surface area contributed by atoms with E-state index in [-0.39, 0.29) is 56.5 Å². The van der Waals surface area contributed by atoms with Crippen molar-refractivity contribution in [2.24, 2.45) is 0 Å². The van der Waals surface area contributed by atoms with E-state index < -0.39 is 29.2 Å². The number of ether oxygens (including phenoxy) is 2. The molecule has 2 heterocycles. The second kappa shape index (κ2) is 15.7. The van der Waals surface area contributed by atoms with Crippen LogP contribution in [0.5, 0.6) is 5.75 Å². The fourth-order valence-corrected chi connectivity index (χ4v) is 6.08. The highest BCUT2D eigenvalue weighted by atomic mass is 19.1. The minimum absolute atomic E-state index is 0.131. The summed E-state index contributed by atoms with van der Waals surface area (Å²) in [6.07, 6.45) is 0.722. The van der Waals surface area contributed by atoms with Gasteiger partial charge in [0.25, 0.3) is 5.91 Å². The van der Waals surface area contributed by atoms with Gasteiger partial charge < -0.3 is 29.9 Å². The molecule has 3 aromatic carbocycles. The third-order valence-corrected chi connectivity index (χ3v) is 8.87. The van der Waals surface area contributed by atoms with Gasteiger partial charge in [0.2, 0.25) is 17.7 Å². The lowest BCUT2D eigenvalue weighted by Gasteiger charge is -2.38. The molecule has 0 aliphatic carbocycles. The third kappa shape index (κ3) is 8.53. The number of nitrogens with zero attached hydrogens (tertiary/aromatic N) is 2. The number of hydrogen-bond acceptors (Lipinski definition) is 6. The number of benzene rings is 3. The number of amides is 4. The Morgan fingerprint density at radius 2 is 1.68 bits per heavy atom. The molecule has 0 spiro atoms. The Kier molecular flexibility index (Phi) is 11.2. The fourth-order valence-electron chi connectivity index (χ4n) is 6.08. The van der Waals surface area contributed by atoms with Crippen LogP contribution in [0, 0.1) is 5.82 Å². The van der Waals surface area contributed by atoms with Crippen molar-refractivity contribution in [3.05, 3.63) is 101 Å². The van der Waals surface area contributed by atoms with E-state index in [1.807, 2.05) is 43.3 Å². The van der Waals surface area contributed by atoms with Crippen LogP contribution in [0.1, 0.15) is 47.7 Å².